The number of nitrogens with zero attached hydrogens (tertiary/aromatic N) is 3. The molecule has 1 aliphatic carbocycles. The fraction of sp³-hybridized carbons (Fsp3) is 0.0667. The van der Waals surface area contributed by atoms with Crippen LogP contribution < -0.4 is 4.90 Å². The minimum atomic E-state index is 0.250. The summed E-state index contributed by atoms with van der Waals surface area (Å²) in [5.41, 5.74) is 13.2. The Morgan fingerprint density at radius 3 is 2.04 bits per heavy atom. The third-order valence-electron chi connectivity index (χ3n) is 9.78. The Bertz CT molecular complexity index is 2620. The summed E-state index contributed by atoms with van der Waals surface area (Å²) in [4.78, 5) is 2.47. The zero-order valence-electron chi connectivity index (χ0n) is 27.1. The Labute approximate surface area is 280 Å². The predicted octanol–water partition coefficient (Wildman–Crippen LogP) is 12.0. The van der Waals surface area contributed by atoms with Crippen molar-refractivity contribution in [2.45, 2.75) is 13.8 Å². The van der Waals surface area contributed by atoms with Gasteiger partial charge in [-0.2, -0.15) is 0 Å². The molecule has 3 heterocycles. The van der Waals surface area contributed by atoms with E-state index in [4.69, 9.17) is 0 Å². The first kappa shape index (κ1) is 28.2. The van der Waals surface area contributed by atoms with Crippen LogP contribution in [-0.4, -0.2) is 8.80 Å². The van der Waals surface area contributed by atoms with Gasteiger partial charge < -0.3 is 4.90 Å². The summed E-state index contributed by atoms with van der Waals surface area (Å²) in [5, 5.41) is 3.88. The minimum Gasteiger partial charge on any atom is -0.308 e. The number of hydrogen-bond acceptors (Lipinski definition) is 1. The number of aromatic nitrogens is 2. The number of anilines is 2. The lowest BCUT2D eigenvalue weighted by Crippen LogP contribution is -2.19. The van der Waals surface area contributed by atoms with Gasteiger partial charge in [0.05, 0.1) is 27.8 Å². The van der Waals surface area contributed by atoms with E-state index >= 15 is 0 Å². The van der Waals surface area contributed by atoms with Gasteiger partial charge in [-0.1, -0.05) is 134 Å². The van der Waals surface area contributed by atoms with E-state index in [1.165, 1.54) is 60.6 Å². The SMILES string of the molecule is C\C=C/C=C\C(=C1/C=CC=CC1C)N(c1ccc(-c2ccccc2)cc1)c1cccc2c1n1c3ccccc3c3c4ccccc4n2c31. The molecule has 9 rings (SSSR count). The molecular formula is C45H35N3. The Morgan fingerprint density at radius 2 is 1.31 bits per heavy atom. The summed E-state index contributed by atoms with van der Waals surface area (Å²) < 4.78 is 4.97. The van der Waals surface area contributed by atoms with Gasteiger partial charge in [-0.25, -0.2) is 0 Å². The lowest BCUT2D eigenvalue weighted by atomic mass is 9.93. The molecule has 3 nitrogen and oxygen atoms in total. The van der Waals surface area contributed by atoms with E-state index in [0.717, 1.165) is 17.1 Å². The average molecular weight is 618 g/mol. The molecule has 1 unspecified atom stereocenters. The summed E-state index contributed by atoms with van der Waals surface area (Å²) in [6.07, 6.45) is 17.5. The molecule has 48 heavy (non-hydrogen) atoms. The molecular weight excluding hydrogens is 583 g/mol. The number of imidazole rings is 1. The molecule has 0 spiro atoms. The van der Waals surface area contributed by atoms with Crippen molar-refractivity contribution in [2.75, 3.05) is 4.90 Å². The fourth-order valence-electron chi connectivity index (χ4n) is 7.64. The lowest BCUT2D eigenvalue weighted by molar-refractivity contribution is 0.865. The second kappa shape index (κ2) is 11.3. The molecule has 8 aromatic rings. The molecule has 3 aromatic heterocycles. The van der Waals surface area contributed by atoms with E-state index in [1.807, 2.05) is 0 Å². The monoisotopic (exact) mass is 617 g/mol. The van der Waals surface area contributed by atoms with Crippen LogP contribution in [0.5, 0.6) is 0 Å². The highest BCUT2D eigenvalue weighted by Gasteiger charge is 2.27. The van der Waals surface area contributed by atoms with Crippen LogP contribution in [0, 0.1) is 5.92 Å². The Hall–Kier alpha value is -6.06. The molecule has 0 bridgehead atoms. The van der Waals surface area contributed by atoms with Gasteiger partial charge in [0.1, 0.15) is 5.65 Å². The van der Waals surface area contributed by atoms with Gasteiger partial charge in [0, 0.05) is 33.5 Å². The van der Waals surface area contributed by atoms with Crippen molar-refractivity contribution in [1.29, 1.82) is 0 Å². The van der Waals surface area contributed by atoms with Gasteiger partial charge in [0.25, 0.3) is 0 Å². The first-order valence-corrected chi connectivity index (χ1v) is 16.7. The maximum absolute atomic E-state index is 2.50. The van der Waals surface area contributed by atoms with Crippen molar-refractivity contribution in [3.05, 3.63) is 181 Å². The molecule has 0 N–H and O–H groups in total. The second-order valence-electron chi connectivity index (χ2n) is 12.6. The normalized spacial score (nSPS) is 16.2. The average Bonchev–Trinajstić information content (AvgIpc) is 3.77. The van der Waals surface area contributed by atoms with Gasteiger partial charge in [-0.15, -0.1) is 0 Å². The summed E-state index contributed by atoms with van der Waals surface area (Å²) >= 11 is 0. The summed E-state index contributed by atoms with van der Waals surface area (Å²) in [5.74, 6) is 0.250. The van der Waals surface area contributed by atoms with Crippen LogP contribution in [0.3, 0.4) is 0 Å². The number of para-hydroxylation sites is 3. The van der Waals surface area contributed by atoms with Crippen molar-refractivity contribution in [3.63, 3.8) is 0 Å². The topological polar surface area (TPSA) is 12.1 Å². The first-order valence-electron chi connectivity index (χ1n) is 16.7. The van der Waals surface area contributed by atoms with Gasteiger partial charge >= 0.3 is 0 Å². The number of allylic oxidation sites excluding steroid dienone is 9. The highest BCUT2D eigenvalue weighted by atomic mass is 15.2. The lowest BCUT2D eigenvalue weighted by Gasteiger charge is -2.30. The summed E-state index contributed by atoms with van der Waals surface area (Å²) in [7, 11) is 0. The van der Waals surface area contributed by atoms with Gasteiger partial charge in [-0.3, -0.25) is 8.80 Å². The molecule has 0 amide bonds. The van der Waals surface area contributed by atoms with Crippen LogP contribution in [0.15, 0.2) is 181 Å². The van der Waals surface area contributed by atoms with Crippen molar-refractivity contribution >= 4 is 55.2 Å². The van der Waals surface area contributed by atoms with Crippen LogP contribution >= 0.6 is 0 Å². The minimum absolute atomic E-state index is 0.250. The van der Waals surface area contributed by atoms with Crippen molar-refractivity contribution in [1.82, 2.24) is 8.80 Å². The molecule has 3 heteroatoms. The van der Waals surface area contributed by atoms with E-state index in [-0.39, 0.29) is 5.92 Å². The maximum Gasteiger partial charge on any atom is 0.131 e. The highest BCUT2D eigenvalue weighted by Crippen LogP contribution is 2.46. The maximum atomic E-state index is 2.50. The highest BCUT2D eigenvalue weighted by molar-refractivity contribution is 6.24. The third-order valence-corrected chi connectivity index (χ3v) is 9.78. The van der Waals surface area contributed by atoms with E-state index < -0.39 is 0 Å². The number of hydrogen-bond donors (Lipinski definition) is 0. The molecule has 0 radical (unpaired) electrons. The Morgan fingerprint density at radius 1 is 0.646 bits per heavy atom. The van der Waals surface area contributed by atoms with Crippen LogP contribution in [0.1, 0.15) is 13.8 Å². The molecule has 230 valence electrons. The van der Waals surface area contributed by atoms with Crippen LogP contribution in [-0.2, 0) is 0 Å². The molecule has 1 atom stereocenters. The van der Waals surface area contributed by atoms with E-state index in [2.05, 4.69) is 197 Å². The zero-order valence-corrected chi connectivity index (χ0v) is 27.1. The first-order chi connectivity index (χ1) is 23.7. The summed E-state index contributed by atoms with van der Waals surface area (Å²) in [6.45, 7) is 4.35. The fourth-order valence-corrected chi connectivity index (χ4v) is 7.64. The van der Waals surface area contributed by atoms with Crippen molar-refractivity contribution in [2.24, 2.45) is 5.92 Å². The Balaban J connectivity index is 1.40. The zero-order chi connectivity index (χ0) is 32.2. The molecule has 0 saturated carbocycles. The van der Waals surface area contributed by atoms with Crippen LogP contribution in [0.25, 0.3) is 55.0 Å². The van der Waals surface area contributed by atoms with E-state index in [0.29, 0.717) is 0 Å². The largest absolute Gasteiger partial charge is 0.308 e. The van der Waals surface area contributed by atoms with Crippen LogP contribution in [0.2, 0.25) is 0 Å². The van der Waals surface area contributed by atoms with Gasteiger partial charge in [0.2, 0.25) is 0 Å². The van der Waals surface area contributed by atoms with Gasteiger partial charge in [0.15, 0.2) is 0 Å². The van der Waals surface area contributed by atoms with E-state index in [1.54, 1.807) is 0 Å². The molecule has 1 aliphatic rings. The van der Waals surface area contributed by atoms with Gasteiger partial charge in [-0.05, 0) is 66.1 Å². The molecule has 0 fully saturated rings. The van der Waals surface area contributed by atoms with E-state index in [9.17, 15) is 0 Å². The third kappa shape index (κ3) is 4.21. The smallest absolute Gasteiger partial charge is 0.131 e. The quantitative estimate of drug-likeness (QED) is 0.169. The van der Waals surface area contributed by atoms with Crippen molar-refractivity contribution in [3.8, 4) is 11.1 Å². The molecule has 0 aliphatic heterocycles. The number of rotatable bonds is 6. The van der Waals surface area contributed by atoms with Crippen molar-refractivity contribution < 1.29 is 0 Å². The molecule has 5 aromatic carbocycles. The predicted molar refractivity (Wildman–Crippen MR) is 204 cm³/mol. The van der Waals surface area contributed by atoms with Crippen LogP contribution in [0.4, 0.5) is 11.4 Å². The molecule has 0 saturated heterocycles. The summed E-state index contributed by atoms with van der Waals surface area (Å²) in [6, 6.07) is 44.1. The Kier molecular flexibility index (Phi) is 6.65. The second-order valence-corrected chi connectivity index (χ2v) is 12.6. The number of fused-ring (bicyclic) bond motifs is 9. The standard InChI is InChI=1S/C45H35N3/c1-3-4-6-22-38(35-19-10-9-16-31(35)2)46(34-29-27-33(28-30-34)32-17-7-5-8-18-32)41-25-15-26-42-44(41)48-40-24-14-12-21-37(40)43-36-20-11-13-23-39(36)47(42)45(43)48/h3-31H,1-2H3/b4-3-,22-6-,38-35-. The number of benzene rings is 5.